The Morgan fingerprint density at radius 2 is 2.14 bits per heavy atom. The van der Waals surface area contributed by atoms with Gasteiger partial charge in [0.15, 0.2) is 5.16 Å². The molecule has 110 valence electrons. The van der Waals surface area contributed by atoms with Crippen molar-refractivity contribution in [3.8, 4) is 5.75 Å². The summed E-state index contributed by atoms with van der Waals surface area (Å²) >= 11 is 1.43. The second-order valence-electron chi connectivity index (χ2n) is 4.29. The second kappa shape index (κ2) is 7.58. The number of carbonyl (C=O) groups is 1. The van der Waals surface area contributed by atoms with E-state index in [2.05, 4.69) is 20.3 Å². The van der Waals surface area contributed by atoms with Gasteiger partial charge in [-0.15, -0.1) is 0 Å². The molecule has 0 aliphatic carbocycles. The molecule has 0 fully saturated rings. The molecular weight excluding hydrogens is 288 g/mol. The van der Waals surface area contributed by atoms with Crippen molar-refractivity contribution in [2.75, 3.05) is 12.8 Å². The molecule has 2 aromatic heterocycles. The molecule has 0 saturated carbocycles. The van der Waals surface area contributed by atoms with E-state index in [0.717, 1.165) is 0 Å². The summed E-state index contributed by atoms with van der Waals surface area (Å²) in [5.41, 5.74) is 0.432. The minimum Gasteiger partial charge on any atom is -0.487 e. The van der Waals surface area contributed by atoms with E-state index in [1.165, 1.54) is 24.2 Å². The van der Waals surface area contributed by atoms with E-state index in [0.29, 0.717) is 23.0 Å². The van der Waals surface area contributed by atoms with Gasteiger partial charge in [0.05, 0.1) is 18.3 Å². The lowest BCUT2D eigenvalue weighted by Gasteiger charge is -2.15. The Balaban J connectivity index is 1.82. The van der Waals surface area contributed by atoms with Crippen LogP contribution in [0.15, 0.2) is 42.1 Å². The summed E-state index contributed by atoms with van der Waals surface area (Å²) in [6.45, 7) is 2.26. The van der Waals surface area contributed by atoms with Gasteiger partial charge in [-0.05, 0) is 25.3 Å². The Morgan fingerprint density at radius 3 is 2.76 bits per heavy atom. The average Bonchev–Trinajstić information content (AvgIpc) is 2.53. The van der Waals surface area contributed by atoms with E-state index in [1.807, 2.05) is 19.2 Å². The first-order valence-corrected chi connectivity index (χ1v) is 7.62. The van der Waals surface area contributed by atoms with Crippen LogP contribution in [0.1, 0.15) is 17.3 Å². The number of pyridine rings is 1. The minimum atomic E-state index is -0.218. The summed E-state index contributed by atoms with van der Waals surface area (Å²) in [4.78, 5) is 24.0. The number of ether oxygens (including phenoxy) is 1. The SMILES string of the molecule is CSc1ncc(C(=O)NCC(C)Oc2cccnc2)cn1. The number of amides is 1. The molecule has 21 heavy (non-hydrogen) atoms. The number of aromatic nitrogens is 3. The quantitative estimate of drug-likeness (QED) is 0.647. The summed E-state index contributed by atoms with van der Waals surface area (Å²) in [6.07, 6.45) is 8.06. The number of hydrogen-bond donors (Lipinski definition) is 1. The standard InChI is InChI=1S/C14H16N4O2S/c1-10(20-12-4-3-5-15-9-12)6-16-13(19)11-7-17-14(21-2)18-8-11/h3-5,7-10H,6H2,1-2H3,(H,16,19). The molecule has 0 aliphatic rings. The molecule has 0 aromatic carbocycles. The average molecular weight is 304 g/mol. The summed E-state index contributed by atoms with van der Waals surface area (Å²) < 4.78 is 5.63. The lowest BCUT2D eigenvalue weighted by Crippen LogP contribution is -2.33. The van der Waals surface area contributed by atoms with Gasteiger partial charge in [0.25, 0.3) is 5.91 Å². The van der Waals surface area contributed by atoms with Gasteiger partial charge in [-0.1, -0.05) is 11.8 Å². The maximum atomic E-state index is 11.9. The highest BCUT2D eigenvalue weighted by molar-refractivity contribution is 7.98. The largest absolute Gasteiger partial charge is 0.487 e. The molecule has 0 aliphatic heterocycles. The number of thioether (sulfide) groups is 1. The van der Waals surface area contributed by atoms with Crippen LogP contribution in [0.3, 0.4) is 0 Å². The van der Waals surface area contributed by atoms with Crippen molar-refractivity contribution in [1.82, 2.24) is 20.3 Å². The zero-order chi connectivity index (χ0) is 15.1. The van der Waals surface area contributed by atoms with Crippen LogP contribution in [0.5, 0.6) is 5.75 Å². The first kappa shape index (κ1) is 15.2. The Hall–Kier alpha value is -2.15. The zero-order valence-electron chi connectivity index (χ0n) is 11.8. The van der Waals surface area contributed by atoms with E-state index in [1.54, 1.807) is 18.5 Å². The summed E-state index contributed by atoms with van der Waals surface area (Å²) in [7, 11) is 0. The number of nitrogens with zero attached hydrogens (tertiary/aromatic N) is 3. The zero-order valence-corrected chi connectivity index (χ0v) is 12.6. The second-order valence-corrected chi connectivity index (χ2v) is 5.06. The molecule has 2 aromatic rings. The van der Waals surface area contributed by atoms with E-state index in [9.17, 15) is 4.79 Å². The smallest absolute Gasteiger partial charge is 0.254 e. The van der Waals surface area contributed by atoms with E-state index in [4.69, 9.17) is 4.74 Å². The number of hydrogen-bond acceptors (Lipinski definition) is 6. The topological polar surface area (TPSA) is 77.0 Å². The van der Waals surface area contributed by atoms with Crippen LogP contribution < -0.4 is 10.1 Å². The Labute approximate surface area is 127 Å². The summed E-state index contributed by atoms with van der Waals surface area (Å²) in [6, 6.07) is 3.62. The third-order valence-corrected chi connectivity index (χ3v) is 3.17. The highest BCUT2D eigenvalue weighted by Gasteiger charge is 2.10. The molecule has 7 heteroatoms. The van der Waals surface area contributed by atoms with Crippen molar-refractivity contribution in [1.29, 1.82) is 0 Å². The molecule has 2 rings (SSSR count). The van der Waals surface area contributed by atoms with Gasteiger partial charge in [-0.25, -0.2) is 9.97 Å². The molecule has 0 saturated heterocycles. The van der Waals surface area contributed by atoms with Crippen molar-refractivity contribution < 1.29 is 9.53 Å². The monoisotopic (exact) mass is 304 g/mol. The van der Waals surface area contributed by atoms with Crippen LogP contribution in [-0.2, 0) is 0 Å². The fourth-order valence-electron chi connectivity index (χ4n) is 1.57. The normalized spacial score (nSPS) is 11.7. The summed E-state index contributed by atoms with van der Waals surface area (Å²) in [5.74, 6) is 0.455. The molecule has 1 atom stereocenters. The molecule has 0 bridgehead atoms. The van der Waals surface area contributed by atoms with Crippen molar-refractivity contribution in [3.63, 3.8) is 0 Å². The van der Waals surface area contributed by atoms with Crippen LogP contribution in [-0.4, -0.2) is 39.8 Å². The van der Waals surface area contributed by atoms with Crippen molar-refractivity contribution >= 4 is 17.7 Å². The maximum Gasteiger partial charge on any atom is 0.254 e. The van der Waals surface area contributed by atoms with Crippen molar-refractivity contribution in [2.24, 2.45) is 0 Å². The molecule has 1 N–H and O–H groups in total. The van der Waals surface area contributed by atoms with Gasteiger partial charge in [-0.2, -0.15) is 0 Å². The highest BCUT2D eigenvalue weighted by atomic mass is 32.2. The fraction of sp³-hybridized carbons (Fsp3) is 0.286. The van der Waals surface area contributed by atoms with Crippen LogP contribution in [0, 0.1) is 0 Å². The van der Waals surface area contributed by atoms with Crippen molar-refractivity contribution in [2.45, 2.75) is 18.2 Å². The van der Waals surface area contributed by atoms with Gasteiger partial charge in [-0.3, -0.25) is 9.78 Å². The molecule has 1 unspecified atom stereocenters. The number of nitrogens with one attached hydrogen (secondary N) is 1. The minimum absolute atomic E-state index is 0.162. The fourth-order valence-corrected chi connectivity index (χ4v) is 1.88. The van der Waals surface area contributed by atoms with Crippen LogP contribution in [0.4, 0.5) is 0 Å². The lowest BCUT2D eigenvalue weighted by molar-refractivity contribution is 0.0931. The van der Waals surface area contributed by atoms with Gasteiger partial charge >= 0.3 is 0 Å². The van der Waals surface area contributed by atoms with E-state index in [-0.39, 0.29) is 12.0 Å². The van der Waals surface area contributed by atoms with Gasteiger partial charge in [0.1, 0.15) is 11.9 Å². The van der Waals surface area contributed by atoms with Gasteiger partial charge < -0.3 is 10.1 Å². The highest BCUT2D eigenvalue weighted by Crippen LogP contribution is 2.09. The third kappa shape index (κ3) is 4.71. The first-order chi connectivity index (χ1) is 10.2. The van der Waals surface area contributed by atoms with Crippen LogP contribution in [0.25, 0.3) is 0 Å². The van der Waals surface area contributed by atoms with Crippen LogP contribution in [0.2, 0.25) is 0 Å². The Morgan fingerprint density at radius 1 is 1.38 bits per heavy atom. The van der Waals surface area contributed by atoms with E-state index < -0.39 is 0 Å². The van der Waals surface area contributed by atoms with Crippen molar-refractivity contribution in [3.05, 3.63) is 42.5 Å². The number of carbonyl (C=O) groups excluding carboxylic acids is 1. The lowest BCUT2D eigenvalue weighted by atomic mass is 10.3. The molecule has 0 radical (unpaired) electrons. The predicted octanol–water partition coefficient (Wildman–Crippen LogP) is 1.79. The van der Waals surface area contributed by atoms with Crippen LogP contribution >= 0.6 is 11.8 Å². The van der Waals surface area contributed by atoms with Gasteiger partial charge in [0, 0.05) is 18.6 Å². The predicted molar refractivity (Wildman–Crippen MR) is 80.5 cm³/mol. The Bertz CT molecular complexity index is 577. The molecule has 6 nitrogen and oxygen atoms in total. The van der Waals surface area contributed by atoms with E-state index >= 15 is 0 Å². The number of rotatable bonds is 6. The molecule has 0 spiro atoms. The summed E-state index contributed by atoms with van der Waals surface area (Å²) in [5, 5.41) is 3.42. The molecule has 2 heterocycles. The first-order valence-electron chi connectivity index (χ1n) is 6.40. The maximum absolute atomic E-state index is 11.9. The Kier molecular flexibility index (Phi) is 5.51. The third-order valence-electron chi connectivity index (χ3n) is 2.59. The molecule has 1 amide bonds. The van der Waals surface area contributed by atoms with Gasteiger partial charge in [0.2, 0.25) is 0 Å². The molecular formula is C14H16N4O2S.